The average molecular weight is 351 g/mol. The summed E-state index contributed by atoms with van der Waals surface area (Å²) in [6.45, 7) is 3.29. The van der Waals surface area contributed by atoms with Crippen LogP contribution in [0, 0.1) is 6.92 Å². The van der Waals surface area contributed by atoms with E-state index in [4.69, 9.17) is 4.52 Å². The first-order chi connectivity index (χ1) is 12.7. The van der Waals surface area contributed by atoms with Gasteiger partial charge in [-0.05, 0) is 43.5 Å². The fourth-order valence-electron chi connectivity index (χ4n) is 3.33. The highest BCUT2D eigenvalue weighted by Crippen LogP contribution is 2.27. The largest absolute Gasteiger partial charge is 0.342 e. The van der Waals surface area contributed by atoms with Crippen molar-refractivity contribution in [3.63, 3.8) is 0 Å². The van der Waals surface area contributed by atoms with Crippen molar-refractivity contribution in [2.75, 3.05) is 13.1 Å². The molecule has 1 amide bonds. The van der Waals surface area contributed by atoms with Gasteiger partial charge in [0.2, 0.25) is 11.8 Å². The Labute approximate surface area is 151 Å². The second-order valence-electron chi connectivity index (χ2n) is 6.63. The molecular formula is C19H21N5O2. The summed E-state index contributed by atoms with van der Waals surface area (Å²) < 4.78 is 7.07. The fraction of sp³-hybridized carbons (Fsp3) is 0.368. The van der Waals surface area contributed by atoms with Crippen LogP contribution in [0.4, 0.5) is 0 Å². The molecule has 1 saturated heterocycles. The van der Waals surface area contributed by atoms with Crippen LogP contribution in [0.15, 0.2) is 47.2 Å². The lowest BCUT2D eigenvalue weighted by molar-refractivity contribution is -0.131. The van der Waals surface area contributed by atoms with Crippen molar-refractivity contribution < 1.29 is 9.32 Å². The predicted octanol–water partition coefficient (Wildman–Crippen LogP) is 2.51. The first kappa shape index (κ1) is 16.5. The first-order valence-electron chi connectivity index (χ1n) is 8.86. The molecule has 1 aromatic carbocycles. The summed E-state index contributed by atoms with van der Waals surface area (Å²) in [5, 5.41) is 8.06. The number of aromatic nitrogens is 4. The number of carbonyl (C=O) groups is 1. The van der Waals surface area contributed by atoms with Crippen LogP contribution in [0.3, 0.4) is 0 Å². The summed E-state index contributed by atoms with van der Waals surface area (Å²) in [6.07, 6.45) is 5.80. The van der Waals surface area contributed by atoms with Gasteiger partial charge >= 0.3 is 0 Å². The molecule has 134 valence electrons. The molecule has 0 unspecified atom stereocenters. The molecule has 0 N–H and O–H groups in total. The molecular weight excluding hydrogens is 330 g/mol. The van der Waals surface area contributed by atoms with Crippen molar-refractivity contribution in [3.05, 3.63) is 60.0 Å². The Bertz CT molecular complexity index is 862. The molecule has 0 aliphatic carbocycles. The zero-order chi connectivity index (χ0) is 17.9. The lowest BCUT2D eigenvalue weighted by Crippen LogP contribution is -2.38. The third-order valence-electron chi connectivity index (χ3n) is 4.80. The summed E-state index contributed by atoms with van der Waals surface area (Å²) in [5.41, 5.74) is 2.00. The van der Waals surface area contributed by atoms with Gasteiger partial charge in [-0.2, -0.15) is 10.1 Å². The van der Waals surface area contributed by atoms with Crippen molar-refractivity contribution in [3.8, 4) is 5.69 Å². The van der Waals surface area contributed by atoms with Gasteiger partial charge in [0.25, 0.3) is 0 Å². The maximum Gasteiger partial charge on any atom is 0.229 e. The van der Waals surface area contributed by atoms with Crippen molar-refractivity contribution >= 4 is 5.91 Å². The summed E-state index contributed by atoms with van der Waals surface area (Å²) in [4.78, 5) is 18.8. The maximum absolute atomic E-state index is 12.6. The number of likely N-dealkylation sites (tertiary alicyclic amines) is 1. The molecule has 26 heavy (non-hydrogen) atoms. The zero-order valence-corrected chi connectivity index (χ0v) is 14.7. The molecule has 0 spiro atoms. The van der Waals surface area contributed by atoms with Gasteiger partial charge in [-0.25, -0.2) is 4.68 Å². The van der Waals surface area contributed by atoms with Crippen LogP contribution in [-0.2, 0) is 11.2 Å². The summed E-state index contributed by atoms with van der Waals surface area (Å²) in [6, 6.07) is 9.84. The molecule has 0 atom stereocenters. The quantitative estimate of drug-likeness (QED) is 0.722. The van der Waals surface area contributed by atoms with E-state index >= 15 is 0 Å². The molecule has 7 nitrogen and oxygen atoms in total. The molecule has 0 radical (unpaired) electrons. The fourth-order valence-corrected chi connectivity index (χ4v) is 3.33. The monoisotopic (exact) mass is 351 g/mol. The molecule has 3 aromatic rings. The molecule has 4 rings (SSSR count). The van der Waals surface area contributed by atoms with Crippen molar-refractivity contribution in [2.45, 2.75) is 32.1 Å². The van der Waals surface area contributed by atoms with Gasteiger partial charge in [-0.15, -0.1) is 0 Å². The first-order valence-corrected chi connectivity index (χ1v) is 8.86. The summed E-state index contributed by atoms with van der Waals surface area (Å²) in [5.74, 6) is 1.78. The smallest absolute Gasteiger partial charge is 0.229 e. The van der Waals surface area contributed by atoms with E-state index in [2.05, 4.69) is 15.2 Å². The molecule has 2 aromatic heterocycles. The average Bonchev–Trinajstić information content (AvgIpc) is 3.34. The number of nitrogens with zero attached hydrogens (tertiary/aromatic N) is 5. The predicted molar refractivity (Wildman–Crippen MR) is 94.9 cm³/mol. The van der Waals surface area contributed by atoms with Crippen LogP contribution in [0.2, 0.25) is 0 Å². The van der Waals surface area contributed by atoms with Gasteiger partial charge in [-0.3, -0.25) is 4.79 Å². The normalized spacial score (nSPS) is 15.3. The Morgan fingerprint density at radius 2 is 2.00 bits per heavy atom. The van der Waals surface area contributed by atoms with E-state index in [-0.39, 0.29) is 11.8 Å². The van der Waals surface area contributed by atoms with Crippen LogP contribution < -0.4 is 0 Å². The van der Waals surface area contributed by atoms with Gasteiger partial charge in [0.1, 0.15) is 0 Å². The van der Waals surface area contributed by atoms with Gasteiger partial charge < -0.3 is 9.42 Å². The molecule has 0 bridgehead atoms. The molecule has 7 heteroatoms. The van der Waals surface area contributed by atoms with E-state index in [0.717, 1.165) is 37.2 Å². The maximum atomic E-state index is 12.6. The van der Waals surface area contributed by atoms with Gasteiger partial charge in [0.05, 0.1) is 12.1 Å². The van der Waals surface area contributed by atoms with Crippen molar-refractivity contribution in [2.24, 2.45) is 0 Å². The number of aryl methyl sites for hydroxylation is 1. The van der Waals surface area contributed by atoms with E-state index in [0.29, 0.717) is 18.1 Å². The van der Waals surface area contributed by atoms with E-state index in [1.807, 2.05) is 48.4 Å². The van der Waals surface area contributed by atoms with E-state index in [9.17, 15) is 4.79 Å². The van der Waals surface area contributed by atoms with Gasteiger partial charge in [0, 0.05) is 31.4 Å². The van der Waals surface area contributed by atoms with Crippen molar-refractivity contribution in [1.82, 2.24) is 24.8 Å². The zero-order valence-electron chi connectivity index (χ0n) is 14.7. The number of amides is 1. The van der Waals surface area contributed by atoms with E-state index in [1.165, 1.54) is 0 Å². The Morgan fingerprint density at radius 3 is 2.62 bits per heavy atom. The Hall–Kier alpha value is -2.96. The lowest BCUT2D eigenvalue weighted by Gasteiger charge is -2.30. The van der Waals surface area contributed by atoms with E-state index in [1.54, 1.807) is 10.9 Å². The number of hydrogen-bond donors (Lipinski definition) is 0. The highest BCUT2D eigenvalue weighted by molar-refractivity contribution is 5.79. The summed E-state index contributed by atoms with van der Waals surface area (Å²) >= 11 is 0. The van der Waals surface area contributed by atoms with Crippen LogP contribution >= 0.6 is 0 Å². The summed E-state index contributed by atoms with van der Waals surface area (Å²) in [7, 11) is 0. The molecule has 1 aliphatic heterocycles. The third kappa shape index (κ3) is 3.51. The highest BCUT2D eigenvalue weighted by atomic mass is 16.5. The van der Waals surface area contributed by atoms with Crippen LogP contribution in [0.1, 0.15) is 36.0 Å². The van der Waals surface area contributed by atoms with Crippen LogP contribution in [0.5, 0.6) is 0 Å². The second kappa shape index (κ2) is 7.11. The van der Waals surface area contributed by atoms with Crippen LogP contribution in [0.25, 0.3) is 5.69 Å². The Morgan fingerprint density at radius 1 is 1.23 bits per heavy atom. The minimum Gasteiger partial charge on any atom is -0.342 e. The second-order valence-corrected chi connectivity index (χ2v) is 6.63. The minimum atomic E-state index is 0.164. The number of carbonyl (C=O) groups excluding carboxylic acids is 1. The number of piperidine rings is 1. The van der Waals surface area contributed by atoms with Crippen LogP contribution in [-0.4, -0.2) is 43.8 Å². The standard InChI is InChI=1S/C19H21N5O2/c1-14-21-19(26-22-14)16-7-11-23(12-8-16)18(25)13-15-3-5-17(6-4-15)24-10-2-9-20-24/h2-6,9-10,16H,7-8,11-13H2,1H3. The third-order valence-corrected chi connectivity index (χ3v) is 4.80. The Balaban J connectivity index is 1.32. The molecule has 3 heterocycles. The lowest BCUT2D eigenvalue weighted by atomic mass is 9.96. The van der Waals surface area contributed by atoms with Gasteiger partial charge in [0.15, 0.2) is 5.82 Å². The molecule has 1 aliphatic rings. The number of rotatable bonds is 4. The minimum absolute atomic E-state index is 0.164. The number of hydrogen-bond acceptors (Lipinski definition) is 5. The SMILES string of the molecule is Cc1noc(C2CCN(C(=O)Cc3ccc(-n4cccn4)cc3)CC2)n1. The Kier molecular flexibility index (Phi) is 4.51. The van der Waals surface area contributed by atoms with Gasteiger partial charge in [-0.1, -0.05) is 17.3 Å². The molecule has 1 fully saturated rings. The topological polar surface area (TPSA) is 77.0 Å². The van der Waals surface area contributed by atoms with E-state index < -0.39 is 0 Å². The number of benzene rings is 1. The molecule has 0 saturated carbocycles. The van der Waals surface area contributed by atoms with Crippen molar-refractivity contribution in [1.29, 1.82) is 0 Å². The highest BCUT2D eigenvalue weighted by Gasteiger charge is 2.27.